The molecule has 6 heteroatoms. The molecule has 0 aliphatic carbocycles. The number of carbonyl (C=O) groups excluding carboxylic acids is 3. The van der Waals surface area contributed by atoms with Crippen molar-refractivity contribution in [3.63, 3.8) is 0 Å². The van der Waals surface area contributed by atoms with Gasteiger partial charge in [-0.15, -0.1) is 0 Å². The van der Waals surface area contributed by atoms with E-state index in [0.29, 0.717) is 35.5 Å². The number of para-hydroxylation sites is 2. The minimum Gasteiger partial charge on any atom is -0.397 e. The Hall–Kier alpha value is -3.15. The first-order valence-corrected chi connectivity index (χ1v) is 9.17. The normalized spacial score (nSPS) is 13.0. The first-order valence-electron chi connectivity index (χ1n) is 9.17. The van der Waals surface area contributed by atoms with E-state index in [9.17, 15) is 14.4 Å². The SMILES string of the molecule is Nc1ccccc1NC(=O)CCCCCCN1C(=O)c2ccccc2C1=O. The molecule has 0 bridgehead atoms. The zero-order chi connectivity index (χ0) is 19.2. The van der Waals surface area contributed by atoms with Crippen molar-refractivity contribution in [1.29, 1.82) is 0 Å². The molecule has 0 aromatic heterocycles. The van der Waals surface area contributed by atoms with Crippen molar-refractivity contribution in [3.8, 4) is 0 Å². The van der Waals surface area contributed by atoms with E-state index in [4.69, 9.17) is 5.73 Å². The van der Waals surface area contributed by atoms with Crippen LogP contribution in [0.4, 0.5) is 11.4 Å². The van der Waals surface area contributed by atoms with Gasteiger partial charge in [0.2, 0.25) is 5.91 Å². The second-order valence-corrected chi connectivity index (χ2v) is 6.61. The van der Waals surface area contributed by atoms with E-state index in [1.54, 1.807) is 36.4 Å². The van der Waals surface area contributed by atoms with Crippen LogP contribution in [0.2, 0.25) is 0 Å². The molecule has 1 aliphatic rings. The average Bonchev–Trinajstić information content (AvgIpc) is 2.91. The van der Waals surface area contributed by atoms with Gasteiger partial charge in [-0.3, -0.25) is 19.3 Å². The number of rotatable bonds is 8. The van der Waals surface area contributed by atoms with Crippen LogP contribution in [-0.4, -0.2) is 29.2 Å². The zero-order valence-electron chi connectivity index (χ0n) is 15.1. The Morgan fingerprint density at radius 3 is 2.11 bits per heavy atom. The third-order valence-electron chi connectivity index (χ3n) is 4.65. The summed E-state index contributed by atoms with van der Waals surface area (Å²) in [6.45, 7) is 0.416. The lowest BCUT2D eigenvalue weighted by atomic mass is 10.1. The number of fused-ring (bicyclic) bond motifs is 1. The number of nitrogen functional groups attached to an aromatic ring is 1. The van der Waals surface area contributed by atoms with Crippen LogP contribution < -0.4 is 11.1 Å². The summed E-state index contributed by atoms with van der Waals surface area (Å²) in [7, 11) is 0. The first-order chi connectivity index (χ1) is 13.1. The molecule has 0 saturated carbocycles. The van der Waals surface area contributed by atoms with Crippen LogP contribution in [0.1, 0.15) is 52.8 Å². The Morgan fingerprint density at radius 1 is 0.852 bits per heavy atom. The molecule has 3 rings (SSSR count). The van der Waals surface area contributed by atoms with Gasteiger partial charge in [-0.25, -0.2) is 0 Å². The maximum Gasteiger partial charge on any atom is 0.261 e. The molecule has 0 atom stereocenters. The molecule has 0 saturated heterocycles. The van der Waals surface area contributed by atoms with Crippen LogP contribution in [0.25, 0.3) is 0 Å². The van der Waals surface area contributed by atoms with Gasteiger partial charge in [0, 0.05) is 13.0 Å². The Balaban J connectivity index is 1.35. The standard InChI is InChI=1S/C21H23N3O3/c22-17-11-6-7-12-18(17)23-19(25)13-3-1-2-8-14-24-20(26)15-9-4-5-10-16(15)21(24)27/h4-7,9-12H,1-3,8,13-14,22H2,(H,23,25). The van der Waals surface area contributed by atoms with Gasteiger partial charge >= 0.3 is 0 Å². The number of nitrogens with zero attached hydrogens (tertiary/aromatic N) is 1. The second kappa shape index (κ2) is 8.49. The highest BCUT2D eigenvalue weighted by Gasteiger charge is 2.34. The lowest BCUT2D eigenvalue weighted by molar-refractivity contribution is -0.116. The van der Waals surface area contributed by atoms with E-state index >= 15 is 0 Å². The summed E-state index contributed by atoms with van der Waals surface area (Å²) in [6, 6.07) is 14.1. The molecule has 0 radical (unpaired) electrons. The molecule has 2 aromatic rings. The number of anilines is 2. The van der Waals surface area contributed by atoms with E-state index in [1.165, 1.54) is 4.90 Å². The highest BCUT2D eigenvalue weighted by molar-refractivity contribution is 6.21. The fourth-order valence-electron chi connectivity index (χ4n) is 3.17. The van der Waals surface area contributed by atoms with Crippen molar-refractivity contribution in [2.45, 2.75) is 32.1 Å². The summed E-state index contributed by atoms with van der Waals surface area (Å²) in [5.74, 6) is -0.487. The van der Waals surface area contributed by atoms with Crippen molar-refractivity contribution in [1.82, 2.24) is 4.90 Å². The van der Waals surface area contributed by atoms with Crippen molar-refractivity contribution < 1.29 is 14.4 Å². The van der Waals surface area contributed by atoms with Crippen LogP contribution in [-0.2, 0) is 4.79 Å². The lowest BCUT2D eigenvalue weighted by Crippen LogP contribution is -2.30. The summed E-state index contributed by atoms with van der Waals surface area (Å²) >= 11 is 0. The monoisotopic (exact) mass is 365 g/mol. The van der Waals surface area contributed by atoms with Crippen LogP contribution in [0, 0.1) is 0 Å². The number of imide groups is 1. The molecule has 2 aromatic carbocycles. The van der Waals surface area contributed by atoms with Crippen LogP contribution in [0.3, 0.4) is 0 Å². The third kappa shape index (κ3) is 4.34. The minimum atomic E-state index is -0.213. The van der Waals surface area contributed by atoms with E-state index in [2.05, 4.69) is 5.32 Å². The number of carbonyl (C=O) groups is 3. The van der Waals surface area contributed by atoms with Gasteiger partial charge in [0.25, 0.3) is 11.8 Å². The highest BCUT2D eigenvalue weighted by Crippen LogP contribution is 2.23. The molecule has 0 unspecified atom stereocenters. The largest absolute Gasteiger partial charge is 0.397 e. The predicted molar refractivity (Wildman–Crippen MR) is 104 cm³/mol. The minimum absolute atomic E-state index is 0.0618. The van der Waals surface area contributed by atoms with Gasteiger partial charge < -0.3 is 11.1 Å². The van der Waals surface area contributed by atoms with Crippen molar-refractivity contribution in [3.05, 3.63) is 59.7 Å². The van der Waals surface area contributed by atoms with E-state index in [1.807, 2.05) is 12.1 Å². The third-order valence-corrected chi connectivity index (χ3v) is 4.65. The molecule has 0 fully saturated rings. The molecule has 0 spiro atoms. The summed E-state index contributed by atoms with van der Waals surface area (Å²) in [6.07, 6.45) is 3.62. The van der Waals surface area contributed by atoms with Crippen molar-refractivity contribution in [2.24, 2.45) is 0 Å². The molecular weight excluding hydrogens is 342 g/mol. The number of unbranched alkanes of at least 4 members (excludes halogenated alkanes) is 3. The molecule has 3 N–H and O–H groups in total. The summed E-state index contributed by atoms with van der Waals surface area (Å²) in [4.78, 5) is 37.8. The van der Waals surface area contributed by atoms with Crippen LogP contribution in [0.5, 0.6) is 0 Å². The lowest BCUT2D eigenvalue weighted by Gasteiger charge is -2.13. The van der Waals surface area contributed by atoms with Crippen LogP contribution >= 0.6 is 0 Å². The number of nitrogens with one attached hydrogen (secondary N) is 1. The van der Waals surface area contributed by atoms with Gasteiger partial charge in [-0.05, 0) is 37.1 Å². The van der Waals surface area contributed by atoms with Gasteiger partial charge in [0.15, 0.2) is 0 Å². The number of benzene rings is 2. The van der Waals surface area contributed by atoms with Crippen molar-refractivity contribution in [2.75, 3.05) is 17.6 Å². The van der Waals surface area contributed by atoms with E-state index in [0.717, 1.165) is 25.7 Å². The Kier molecular flexibility index (Phi) is 5.86. The fourth-order valence-corrected chi connectivity index (χ4v) is 3.17. The maximum absolute atomic E-state index is 12.3. The summed E-state index contributed by atoms with van der Waals surface area (Å²) in [5.41, 5.74) is 7.95. The Labute approximate surface area is 158 Å². The van der Waals surface area contributed by atoms with Gasteiger partial charge in [-0.1, -0.05) is 37.1 Å². The smallest absolute Gasteiger partial charge is 0.261 e. The topological polar surface area (TPSA) is 92.5 Å². The van der Waals surface area contributed by atoms with Gasteiger partial charge in [-0.2, -0.15) is 0 Å². The number of nitrogens with two attached hydrogens (primary N) is 1. The zero-order valence-corrected chi connectivity index (χ0v) is 15.1. The summed E-state index contributed by atoms with van der Waals surface area (Å²) < 4.78 is 0. The van der Waals surface area contributed by atoms with Crippen LogP contribution in [0.15, 0.2) is 48.5 Å². The van der Waals surface area contributed by atoms with E-state index < -0.39 is 0 Å². The second-order valence-electron chi connectivity index (χ2n) is 6.61. The molecule has 1 aliphatic heterocycles. The Bertz CT molecular complexity index is 828. The number of hydrogen-bond donors (Lipinski definition) is 2. The molecule has 3 amide bonds. The quantitative estimate of drug-likeness (QED) is 0.426. The molecule has 6 nitrogen and oxygen atoms in total. The average molecular weight is 365 g/mol. The van der Waals surface area contributed by atoms with E-state index in [-0.39, 0.29) is 17.7 Å². The predicted octanol–water partition coefficient (Wildman–Crippen LogP) is 3.45. The maximum atomic E-state index is 12.3. The molecule has 27 heavy (non-hydrogen) atoms. The molecular formula is C21H23N3O3. The van der Waals surface area contributed by atoms with Gasteiger partial charge in [0.1, 0.15) is 0 Å². The first kappa shape index (κ1) is 18.6. The fraction of sp³-hybridized carbons (Fsp3) is 0.286. The number of amides is 3. The van der Waals surface area contributed by atoms with Gasteiger partial charge in [0.05, 0.1) is 22.5 Å². The van der Waals surface area contributed by atoms with Crippen molar-refractivity contribution >= 4 is 29.1 Å². The molecule has 1 heterocycles. The Morgan fingerprint density at radius 2 is 1.44 bits per heavy atom. The highest BCUT2D eigenvalue weighted by atomic mass is 16.2. The molecule has 140 valence electrons. The summed E-state index contributed by atoms with van der Waals surface area (Å²) in [5, 5.41) is 2.81. The number of hydrogen-bond acceptors (Lipinski definition) is 4.